The minimum absolute atomic E-state index is 0.485. The molecule has 0 aromatic carbocycles. The van der Waals surface area contributed by atoms with Gasteiger partial charge in [-0.1, -0.05) is 6.07 Å². The lowest BCUT2D eigenvalue weighted by Gasteiger charge is -2.15. The zero-order valence-corrected chi connectivity index (χ0v) is 10.7. The molecular weight excluding hydrogens is 244 g/mol. The van der Waals surface area contributed by atoms with E-state index in [2.05, 4.69) is 4.72 Å². The summed E-state index contributed by atoms with van der Waals surface area (Å²) in [5, 5.41) is 2.00. The molecule has 90 valence electrons. The minimum atomic E-state index is -3.23. The number of rotatable bonds is 5. The molecule has 1 saturated heterocycles. The summed E-state index contributed by atoms with van der Waals surface area (Å²) in [4.78, 5) is 1.21. The highest BCUT2D eigenvalue weighted by atomic mass is 32.2. The zero-order valence-electron chi connectivity index (χ0n) is 9.05. The van der Waals surface area contributed by atoms with Crippen molar-refractivity contribution in [2.45, 2.75) is 19.3 Å². The second-order valence-electron chi connectivity index (χ2n) is 3.83. The van der Waals surface area contributed by atoms with Gasteiger partial charge in [0.05, 0.1) is 0 Å². The van der Waals surface area contributed by atoms with Crippen LogP contribution in [0.5, 0.6) is 0 Å². The third-order valence-corrected chi connectivity index (χ3v) is 5.19. The van der Waals surface area contributed by atoms with E-state index in [0.29, 0.717) is 19.6 Å². The molecule has 1 fully saturated rings. The second kappa shape index (κ2) is 5.27. The average molecular weight is 260 g/mol. The van der Waals surface area contributed by atoms with Crippen LogP contribution in [0.15, 0.2) is 17.5 Å². The lowest BCUT2D eigenvalue weighted by molar-refractivity contribution is 0.465. The Morgan fingerprint density at radius 1 is 1.38 bits per heavy atom. The molecule has 1 N–H and O–H groups in total. The maximum absolute atomic E-state index is 11.8. The second-order valence-corrected chi connectivity index (χ2v) is 6.62. The summed E-state index contributed by atoms with van der Waals surface area (Å²) in [6, 6.07) is 4.00. The van der Waals surface area contributed by atoms with Crippen LogP contribution in [0.3, 0.4) is 0 Å². The van der Waals surface area contributed by atoms with Gasteiger partial charge in [-0.15, -0.1) is 11.3 Å². The van der Waals surface area contributed by atoms with Crippen molar-refractivity contribution < 1.29 is 8.42 Å². The summed E-state index contributed by atoms with van der Waals surface area (Å²) in [7, 11) is -3.23. The van der Waals surface area contributed by atoms with Crippen LogP contribution in [0.4, 0.5) is 0 Å². The van der Waals surface area contributed by atoms with Crippen LogP contribution in [0.1, 0.15) is 17.7 Å². The SMILES string of the molecule is O=S(=O)(NCCc1cccs1)N1CCCC1. The van der Waals surface area contributed by atoms with Gasteiger partial charge < -0.3 is 0 Å². The van der Waals surface area contributed by atoms with Crippen molar-refractivity contribution in [3.63, 3.8) is 0 Å². The Morgan fingerprint density at radius 2 is 2.12 bits per heavy atom. The van der Waals surface area contributed by atoms with Crippen molar-refractivity contribution in [1.29, 1.82) is 0 Å². The van der Waals surface area contributed by atoms with E-state index in [1.165, 1.54) is 9.18 Å². The van der Waals surface area contributed by atoms with Gasteiger partial charge in [-0.3, -0.25) is 0 Å². The fourth-order valence-corrected chi connectivity index (χ4v) is 3.77. The van der Waals surface area contributed by atoms with Crippen molar-refractivity contribution in [1.82, 2.24) is 9.03 Å². The van der Waals surface area contributed by atoms with E-state index >= 15 is 0 Å². The number of nitrogens with zero attached hydrogens (tertiary/aromatic N) is 1. The molecular formula is C10H16N2O2S2. The molecule has 1 aromatic rings. The lowest BCUT2D eigenvalue weighted by atomic mass is 10.3. The highest BCUT2D eigenvalue weighted by molar-refractivity contribution is 7.87. The third-order valence-electron chi connectivity index (χ3n) is 2.64. The smallest absolute Gasteiger partial charge is 0.202 e. The molecule has 6 heteroatoms. The summed E-state index contributed by atoms with van der Waals surface area (Å²) in [6.07, 6.45) is 2.72. The third kappa shape index (κ3) is 3.04. The highest BCUT2D eigenvalue weighted by Crippen LogP contribution is 2.12. The molecule has 0 radical (unpaired) electrons. The first-order valence-corrected chi connectivity index (χ1v) is 7.77. The predicted octanol–water partition coefficient (Wildman–Crippen LogP) is 1.22. The van der Waals surface area contributed by atoms with Crippen LogP contribution in [-0.4, -0.2) is 32.4 Å². The van der Waals surface area contributed by atoms with Crippen molar-refractivity contribution in [3.05, 3.63) is 22.4 Å². The Kier molecular flexibility index (Phi) is 3.96. The quantitative estimate of drug-likeness (QED) is 0.865. The number of thiophene rings is 1. The number of hydrogen-bond acceptors (Lipinski definition) is 3. The summed E-state index contributed by atoms with van der Waals surface area (Å²) in [6.45, 7) is 1.81. The summed E-state index contributed by atoms with van der Waals surface area (Å²) in [5.74, 6) is 0. The Balaban J connectivity index is 1.80. The molecule has 0 unspecified atom stereocenters. The van der Waals surface area contributed by atoms with Crippen LogP contribution in [0.25, 0.3) is 0 Å². The van der Waals surface area contributed by atoms with Crippen molar-refractivity contribution in [2.24, 2.45) is 0 Å². The highest BCUT2D eigenvalue weighted by Gasteiger charge is 2.24. The van der Waals surface area contributed by atoms with Crippen LogP contribution in [-0.2, 0) is 16.6 Å². The fourth-order valence-electron chi connectivity index (χ4n) is 1.78. The fraction of sp³-hybridized carbons (Fsp3) is 0.600. The van der Waals surface area contributed by atoms with E-state index < -0.39 is 10.2 Å². The Morgan fingerprint density at radius 3 is 2.75 bits per heavy atom. The van der Waals surface area contributed by atoms with Crippen LogP contribution in [0.2, 0.25) is 0 Å². The molecule has 2 heterocycles. The molecule has 4 nitrogen and oxygen atoms in total. The van der Waals surface area contributed by atoms with Gasteiger partial charge in [0, 0.05) is 24.5 Å². The molecule has 2 rings (SSSR count). The van der Waals surface area contributed by atoms with Gasteiger partial charge in [0.2, 0.25) is 0 Å². The molecule has 0 amide bonds. The van der Waals surface area contributed by atoms with E-state index in [1.807, 2.05) is 17.5 Å². The number of nitrogens with one attached hydrogen (secondary N) is 1. The topological polar surface area (TPSA) is 49.4 Å². The standard InChI is InChI=1S/C10H16N2O2S2/c13-16(14,12-7-1-2-8-12)11-6-5-10-4-3-9-15-10/h3-4,9,11H,1-2,5-8H2. The largest absolute Gasteiger partial charge is 0.279 e. The van der Waals surface area contributed by atoms with Crippen molar-refractivity contribution in [3.8, 4) is 0 Å². The first-order chi connectivity index (χ1) is 7.68. The van der Waals surface area contributed by atoms with Crippen LogP contribution >= 0.6 is 11.3 Å². The Bertz CT molecular complexity index is 408. The van der Waals surface area contributed by atoms with E-state index in [-0.39, 0.29) is 0 Å². The van der Waals surface area contributed by atoms with Crippen LogP contribution < -0.4 is 4.72 Å². The van der Waals surface area contributed by atoms with Crippen molar-refractivity contribution >= 4 is 21.5 Å². The molecule has 1 aromatic heterocycles. The van der Waals surface area contributed by atoms with Gasteiger partial charge >= 0.3 is 0 Å². The summed E-state index contributed by atoms with van der Waals surface area (Å²) < 4.78 is 27.7. The number of hydrogen-bond donors (Lipinski definition) is 1. The predicted molar refractivity (Wildman–Crippen MR) is 65.8 cm³/mol. The normalized spacial score (nSPS) is 18.0. The molecule has 0 atom stereocenters. The van der Waals surface area contributed by atoms with E-state index in [1.54, 1.807) is 11.3 Å². The summed E-state index contributed by atoms with van der Waals surface area (Å²) in [5.41, 5.74) is 0. The van der Waals surface area contributed by atoms with Gasteiger partial charge in [0.1, 0.15) is 0 Å². The van der Waals surface area contributed by atoms with Gasteiger partial charge in [-0.05, 0) is 30.7 Å². The summed E-state index contributed by atoms with van der Waals surface area (Å²) >= 11 is 1.66. The van der Waals surface area contributed by atoms with E-state index in [4.69, 9.17) is 0 Å². The maximum Gasteiger partial charge on any atom is 0.279 e. The van der Waals surface area contributed by atoms with Crippen molar-refractivity contribution in [2.75, 3.05) is 19.6 Å². The first-order valence-electron chi connectivity index (χ1n) is 5.45. The molecule has 0 spiro atoms. The van der Waals surface area contributed by atoms with Gasteiger partial charge in [-0.25, -0.2) is 4.72 Å². The molecule has 0 bridgehead atoms. The Labute approximate surface area is 100 Å². The first kappa shape index (κ1) is 12.0. The van der Waals surface area contributed by atoms with Crippen LogP contribution in [0, 0.1) is 0 Å². The molecule has 0 aliphatic carbocycles. The van der Waals surface area contributed by atoms with Gasteiger partial charge in [0.15, 0.2) is 0 Å². The van der Waals surface area contributed by atoms with E-state index in [9.17, 15) is 8.42 Å². The molecule has 1 aliphatic rings. The molecule has 0 saturated carbocycles. The Hall–Kier alpha value is -0.430. The monoisotopic (exact) mass is 260 g/mol. The lowest BCUT2D eigenvalue weighted by Crippen LogP contribution is -2.39. The molecule has 1 aliphatic heterocycles. The maximum atomic E-state index is 11.8. The van der Waals surface area contributed by atoms with E-state index in [0.717, 1.165) is 19.3 Å². The minimum Gasteiger partial charge on any atom is -0.202 e. The average Bonchev–Trinajstić information content (AvgIpc) is 2.90. The van der Waals surface area contributed by atoms with Gasteiger partial charge in [0.25, 0.3) is 10.2 Å². The molecule has 16 heavy (non-hydrogen) atoms. The zero-order chi connectivity index (χ0) is 11.4. The van der Waals surface area contributed by atoms with Gasteiger partial charge in [-0.2, -0.15) is 12.7 Å².